The highest BCUT2D eigenvalue weighted by molar-refractivity contribution is 5.76. The highest BCUT2D eigenvalue weighted by Gasteiger charge is 2.13. The number of nitrogens with one attached hydrogen (secondary N) is 1. The lowest BCUT2D eigenvalue weighted by molar-refractivity contribution is 0.292. The predicted molar refractivity (Wildman–Crippen MR) is 114 cm³/mol. The van der Waals surface area contributed by atoms with E-state index in [2.05, 4.69) is 40.2 Å². The van der Waals surface area contributed by atoms with Crippen molar-refractivity contribution in [3.8, 4) is 0 Å². The zero-order valence-corrected chi connectivity index (χ0v) is 15.9. The van der Waals surface area contributed by atoms with Gasteiger partial charge >= 0.3 is 5.69 Å². The Bertz CT molecular complexity index is 1100. The average Bonchev–Trinajstić information content (AvgIpc) is 2.74. The lowest BCUT2D eigenvalue weighted by atomic mass is 9.99. The van der Waals surface area contributed by atoms with Gasteiger partial charge in [0.1, 0.15) is 0 Å². The summed E-state index contributed by atoms with van der Waals surface area (Å²) < 4.78 is 1.33. The third-order valence-corrected chi connectivity index (χ3v) is 5.43. The number of para-hydroxylation sites is 1. The normalized spacial score (nSPS) is 14.9. The van der Waals surface area contributed by atoms with E-state index in [4.69, 9.17) is 0 Å². The van der Waals surface area contributed by atoms with Crippen LogP contribution in [0.15, 0.2) is 70.3 Å². The molecule has 144 valence electrons. The van der Waals surface area contributed by atoms with Crippen molar-refractivity contribution in [2.45, 2.75) is 25.8 Å². The molecule has 0 saturated heterocycles. The van der Waals surface area contributed by atoms with Gasteiger partial charge in [-0.25, -0.2) is 4.79 Å². The van der Waals surface area contributed by atoms with Crippen LogP contribution >= 0.6 is 0 Å². The molecule has 1 aromatic heterocycles. The monoisotopic (exact) mass is 375 g/mol. The minimum absolute atomic E-state index is 0.201. The number of aromatic nitrogens is 2. The number of nitrogens with zero attached hydrogens (tertiary/aromatic N) is 2. The lowest BCUT2D eigenvalue weighted by Crippen LogP contribution is -2.35. The van der Waals surface area contributed by atoms with Crippen molar-refractivity contribution in [3.05, 3.63) is 87.1 Å². The van der Waals surface area contributed by atoms with E-state index in [9.17, 15) is 9.59 Å². The molecule has 0 bridgehead atoms. The number of aromatic amines is 1. The molecule has 1 aliphatic rings. The number of rotatable bonds is 6. The largest absolute Gasteiger partial charge is 0.328 e. The fraction of sp³-hybridized carbons (Fsp3) is 0.304. The molecule has 0 amide bonds. The second-order valence-electron chi connectivity index (χ2n) is 7.29. The Balaban J connectivity index is 1.31. The van der Waals surface area contributed by atoms with Crippen molar-refractivity contribution in [2.75, 3.05) is 19.6 Å². The maximum Gasteiger partial charge on any atom is 0.328 e. The van der Waals surface area contributed by atoms with Gasteiger partial charge in [0.05, 0.1) is 10.9 Å². The van der Waals surface area contributed by atoms with Crippen molar-refractivity contribution >= 4 is 16.5 Å². The van der Waals surface area contributed by atoms with E-state index in [0.717, 1.165) is 38.9 Å². The second-order valence-corrected chi connectivity index (χ2v) is 7.29. The number of benzene rings is 2. The standard InChI is InChI=1S/C23H25N3O2/c27-22-20-10-4-5-11-21(20)24-23(28)26(22)15-7-6-14-25-16-12-19(13-17-25)18-8-2-1-3-9-18/h1-5,8-12H,6-7,13-17H2,(H,24,28). The maximum absolute atomic E-state index is 12.5. The van der Waals surface area contributed by atoms with E-state index in [1.807, 2.05) is 18.2 Å². The summed E-state index contributed by atoms with van der Waals surface area (Å²) in [5.74, 6) is 0. The van der Waals surface area contributed by atoms with E-state index in [0.29, 0.717) is 17.4 Å². The predicted octanol–water partition coefficient (Wildman–Crippen LogP) is 3.26. The van der Waals surface area contributed by atoms with Gasteiger partial charge in [0, 0.05) is 19.6 Å². The fourth-order valence-electron chi connectivity index (χ4n) is 3.84. The molecule has 0 atom stereocenters. The molecule has 0 saturated carbocycles. The molecule has 2 aromatic carbocycles. The van der Waals surface area contributed by atoms with Crippen LogP contribution < -0.4 is 11.2 Å². The molecule has 0 unspecified atom stereocenters. The van der Waals surface area contributed by atoms with Crippen LogP contribution in [0.5, 0.6) is 0 Å². The molecule has 0 radical (unpaired) electrons. The fourth-order valence-corrected chi connectivity index (χ4v) is 3.84. The van der Waals surface area contributed by atoms with E-state index in [1.165, 1.54) is 15.7 Å². The molecule has 28 heavy (non-hydrogen) atoms. The van der Waals surface area contributed by atoms with Crippen LogP contribution in [0.25, 0.3) is 16.5 Å². The summed E-state index contributed by atoms with van der Waals surface area (Å²) in [7, 11) is 0. The van der Waals surface area contributed by atoms with Crippen LogP contribution in [-0.2, 0) is 6.54 Å². The Kier molecular flexibility index (Phi) is 5.53. The summed E-state index contributed by atoms with van der Waals surface area (Å²) in [5.41, 5.74) is 2.82. The SMILES string of the molecule is O=c1[nH]c2ccccc2c(=O)n1CCCCN1CC=C(c2ccccc2)CC1. The molecule has 0 spiro atoms. The van der Waals surface area contributed by atoms with Crippen molar-refractivity contribution in [1.82, 2.24) is 14.5 Å². The summed E-state index contributed by atoms with van der Waals surface area (Å²) in [6.45, 7) is 3.45. The number of H-pyrrole nitrogens is 1. The van der Waals surface area contributed by atoms with E-state index >= 15 is 0 Å². The molecule has 5 heteroatoms. The van der Waals surface area contributed by atoms with Gasteiger partial charge in [-0.3, -0.25) is 14.3 Å². The van der Waals surface area contributed by atoms with Gasteiger partial charge in [-0.05, 0) is 49.1 Å². The zero-order valence-electron chi connectivity index (χ0n) is 15.9. The molecular formula is C23H25N3O2. The molecule has 3 aromatic rings. The second kappa shape index (κ2) is 8.40. The first-order valence-corrected chi connectivity index (χ1v) is 9.91. The molecule has 0 fully saturated rings. The highest BCUT2D eigenvalue weighted by atomic mass is 16.2. The quantitative estimate of drug-likeness (QED) is 0.673. The molecular weight excluding hydrogens is 350 g/mol. The minimum Gasteiger partial charge on any atom is -0.307 e. The number of fused-ring (bicyclic) bond motifs is 1. The first-order valence-electron chi connectivity index (χ1n) is 9.91. The van der Waals surface area contributed by atoms with Crippen molar-refractivity contribution in [1.29, 1.82) is 0 Å². The van der Waals surface area contributed by atoms with Gasteiger partial charge in [-0.15, -0.1) is 0 Å². The Morgan fingerprint density at radius 2 is 1.64 bits per heavy atom. The van der Waals surface area contributed by atoms with E-state index in [1.54, 1.807) is 12.1 Å². The third-order valence-electron chi connectivity index (χ3n) is 5.43. The summed E-state index contributed by atoms with van der Waals surface area (Å²) in [6.07, 6.45) is 5.16. The van der Waals surface area contributed by atoms with E-state index < -0.39 is 0 Å². The van der Waals surface area contributed by atoms with Crippen molar-refractivity contribution in [3.63, 3.8) is 0 Å². The Morgan fingerprint density at radius 1 is 0.893 bits per heavy atom. The molecule has 2 heterocycles. The maximum atomic E-state index is 12.5. The third kappa shape index (κ3) is 3.99. The summed E-state index contributed by atoms with van der Waals surface area (Å²) in [6, 6.07) is 17.7. The molecule has 0 aliphatic carbocycles. The van der Waals surface area contributed by atoms with Crippen LogP contribution in [0, 0.1) is 0 Å². The van der Waals surface area contributed by atoms with Crippen LogP contribution in [0.1, 0.15) is 24.8 Å². The van der Waals surface area contributed by atoms with Crippen molar-refractivity contribution < 1.29 is 0 Å². The smallest absolute Gasteiger partial charge is 0.307 e. The Hall–Kier alpha value is -2.92. The number of unbranched alkanes of at least 4 members (excludes halogenated alkanes) is 1. The average molecular weight is 375 g/mol. The van der Waals surface area contributed by atoms with Gasteiger partial charge in [-0.1, -0.05) is 48.5 Å². The number of hydrogen-bond donors (Lipinski definition) is 1. The van der Waals surface area contributed by atoms with Gasteiger partial charge in [-0.2, -0.15) is 0 Å². The van der Waals surface area contributed by atoms with Gasteiger partial charge in [0.2, 0.25) is 0 Å². The molecule has 5 nitrogen and oxygen atoms in total. The first kappa shape index (κ1) is 18.4. The van der Waals surface area contributed by atoms with Gasteiger partial charge in [0.15, 0.2) is 0 Å². The first-order chi connectivity index (χ1) is 13.7. The van der Waals surface area contributed by atoms with Crippen LogP contribution in [0.3, 0.4) is 0 Å². The summed E-state index contributed by atoms with van der Waals surface area (Å²) in [4.78, 5) is 30.0. The molecule has 1 N–H and O–H groups in total. The summed E-state index contributed by atoms with van der Waals surface area (Å²) >= 11 is 0. The van der Waals surface area contributed by atoms with Crippen molar-refractivity contribution in [2.24, 2.45) is 0 Å². The van der Waals surface area contributed by atoms with Gasteiger partial charge < -0.3 is 4.98 Å². The Morgan fingerprint density at radius 3 is 2.43 bits per heavy atom. The Labute approximate surface area is 163 Å². The molecule has 4 rings (SSSR count). The minimum atomic E-state index is -0.322. The zero-order chi connectivity index (χ0) is 19.3. The highest BCUT2D eigenvalue weighted by Crippen LogP contribution is 2.22. The lowest BCUT2D eigenvalue weighted by Gasteiger charge is -2.26. The van der Waals surface area contributed by atoms with Crippen LogP contribution in [-0.4, -0.2) is 34.1 Å². The summed E-state index contributed by atoms with van der Waals surface area (Å²) in [5, 5.41) is 0.566. The molecule has 1 aliphatic heterocycles. The van der Waals surface area contributed by atoms with Crippen LogP contribution in [0.2, 0.25) is 0 Å². The van der Waals surface area contributed by atoms with E-state index in [-0.39, 0.29) is 11.2 Å². The van der Waals surface area contributed by atoms with Crippen LogP contribution in [0.4, 0.5) is 0 Å². The van der Waals surface area contributed by atoms with Gasteiger partial charge in [0.25, 0.3) is 5.56 Å². The number of hydrogen-bond acceptors (Lipinski definition) is 3. The topological polar surface area (TPSA) is 58.1 Å².